The predicted octanol–water partition coefficient (Wildman–Crippen LogP) is 3.56. The molecule has 1 aliphatic carbocycles. The zero-order valence-corrected chi connectivity index (χ0v) is 17.0. The van der Waals surface area contributed by atoms with Crippen LogP contribution in [0.5, 0.6) is 0 Å². The van der Waals surface area contributed by atoms with Crippen LogP contribution in [0.1, 0.15) is 55.3 Å². The third-order valence-electron chi connectivity index (χ3n) is 5.78. The van der Waals surface area contributed by atoms with E-state index in [1.54, 1.807) is 23.9 Å². The van der Waals surface area contributed by atoms with Gasteiger partial charge in [0.05, 0.1) is 12.2 Å². The molecule has 5 heteroatoms. The number of nitrogens with zero attached hydrogens (tertiary/aromatic N) is 2. The van der Waals surface area contributed by atoms with Crippen molar-refractivity contribution in [2.24, 2.45) is 0 Å². The number of aliphatic hydroxyl groups is 3. The van der Waals surface area contributed by atoms with Crippen molar-refractivity contribution in [3.05, 3.63) is 77.9 Å². The van der Waals surface area contributed by atoms with Gasteiger partial charge in [-0.25, -0.2) is 4.98 Å². The maximum atomic E-state index is 10.8. The molecule has 2 atom stereocenters. The maximum Gasteiger partial charge on any atom is 0.138 e. The van der Waals surface area contributed by atoms with Crippen LogP contribution in [0.4, 0.5) is 0 Å². The van der Waals surface area contributed by atoms with Crippen LogP contribution in [-0.2, 0) is 5.60 Å². The van der Waals surface area contributed by atoms with E-state index < -0.39 is 17.7 Å². The number of benzene rings is 2. The average Bonchev–Trinajstić information content (AvgIpc) is 3.23. The number of aromatic nitrogens is 2. The summed E-state index contributed by atoms with van der Waals surface area (Å²) in [5.74, 6) is 6.83. The minimum absolute atomic E-state index is 0.201. The Morgan fingerprint density at radius 1 is 1.17 bits per heavy atom. The normalized spacial score (nSPS) is 16.8. The van der Waals surface area contributed by atoms with Gasteiger partial charge in [-0.05, 0) is 48.9 Å². The fourth-order valence-corrected chi connectivity index (χ4v) is 3.88. The highest BCUT2D eigenvalue weighted by Gasteiger charge is 2.36. The zero-order chi connectivity index (χ0) is 21.1. The Hall–Kier alpha value is -2.91. The largest absolute Gasteiger partial charge is 0.393 e. The highest BCUT2D eigenvalue weighted by atomic mass is 16.3. The van der Waals surface area contributed by atoms with Gasteiger partial charge in [0.2, 0.25) is 0 Å². The van der Waals surface area contributed by atoms with Crippen molar-refractivity contribution >= 4 is 0 Å². The third kappa shape index (κ3) is 3.90. The Kier molecular flexibility index (Phi) is 5.74. The van der Waals surface area contributed by atoms with Gasteiger partial charge < -0.3 is 19.9 Å². The maximum absolute atomic E-state index is 10.8. The van der Waals surface area contributed by atoms with Crippen LogP contribution in [0.15, 0.2) is 60.9 Å². The van der Waals surface area contributed by atoms with Crippen LogP contribution >= 0.6 is 0 Å². The molecule has 4 rings (SSSR count). The first-order valence-electron chi connectivity index (χ1n) is 10.3. The summed E-state index contributed by atoms with van der Waals surface area (Å²) in [5, 5.41) is 30.7. The number of hydrogen-bond acceptors (Lipinski definition) is 4. The van der Waals surface area contributed by atoms with Crippen LogP contribution in [0.25, 0.3) is 11.1 Å². The van der Waals surface area contributed by atoms with Crippen molar-refractivity contribution in [3.63, 3.8) is 0 Å². The molecule has 1 fully saturated rings. The Morgan fingerprint density at radius 2 is 1.93 bits per heavy atom. The third-order valence-corrected chi connectivity index (χ3v) is 5.78. The lowest BCUT2D eigenvalue weighted by Crippen LogP contribution is -2.33. The molecule has 1 unspecified atom stereocenters. The molecule has 30 heavy (non-hydrogen) atoms. The summed E-state index contributed by atoms with van der Waals surface area (Å²) >= 11 is 0. The molecule has 5 nitrogen and oxygen atoms in total. The molecule has 1 heterocycles. The first-order valence-corrected chi connectivity index (χ1v) is 10.3. The fourth-order valence-electron chi connectivity index (χ4n) is 3.88. The molecule has 0 amide bonds. The summed E-state index contributed by atoms with van der Waals surface area (Å²) in [6, 6.07) is 15.4. The van der Waals surface area contributed by atoms with Crippen LogP contribution in [0.2, 0.25) is 0 Å². The molecule has 1 aliphatic rings. The Bertz CT molecular complexity index is 1070. The summed E-state index contributed by atoms with van der Waals surface area (Å²) in [6.07, 6.45) is 5.09. The van der Waals surface area contributed by atoms with E-state index in [2.05, 4.69) is 16.8 Å². The smallest absolute Gasteiger partial charge is 0.138 e. The molecule has 0 spiro atoms. The van der Waals surface area contributed by atoms with E-state index in [0.29, 0.717) is 5.82 Å². The topological polar surface area (TPSA) is 78.5 Å². The molecule has 154 valence electrons. The van der Waals surface area contributed by atoms with Gasteiger partial charge >= 0.3 is 0 Å². The van der Waals surface area contributed by atoms with E-state index in [4.69, 9.17) is 0 Å². The lowest BCUT2D eigenvalue weighted by molar-refractivity contribution is -0.0388. The summed E-state index contributed by atoms with van der Waals surface area (Å²) in [4.78, 5) is 4.17. The summed E-state index contributed by atoms with van der Waals surface area (Å²) < 4.78 is 1.70. The van der Waals surface area contributed by atoms with E-state index >= 15 is 0 Å². The average molecular weight is 402 g/mol. The van der Waals surface area contributed by atoms with Crippen molar-refractivity contribution in [3.8, 4) is 23.0 Å². The Labute approximate surface area is 176 Å². The van der Waals surface area contributed by atoms with E-state index in [0.717, 1.165) is 41.5 Å². The summed E-state index contributed by atoms with van der Waals surface area (Å²) in [7, 11) is 0. The van der Waals surface area contributed by atoms with Gasteiger partial charge in [-0.3, -0.25) is 0 Å². The number of imidazole rings is 1. The quantitative estimate of drug-likeness (QED) is 0.570. The second kappa shape index (κ2) is 8.45. The summed E-state index contributed by atoms with van der Waals surface area (Å²) in [6.45, 7) is 1.43. The molecular weight excluding hydrogens is 376 g/mol. The van der Waals surface area contributed by atoms with E-state index in [9.17, 15) is 15.3 Å². The number of aliphatic hydroxyl groups excluding tert-OH is 2. The van der Waals surface area contributed by atoms with Crippen molar-refractivity contribution < 1.29 is 15.3 Å². The number of hydrogen-bond donors (Lipinski definition) is 3. The lowest BCUT2D eigenvalue weighted by Gasteiger charge is -2.37. The van der Waals surface area contributed by atoms with Crippen LogP contribution in [0.3, 0.4) is 0 Å². The highest BCUT2D eigenvalue weighted by molar-refractivity contribution is 5.72. The first-order chi connectivity index (χ1) is 14.5. The molecule has 2 aromatic carbocycles. The van der Waals surface area contributed by atoms with E-state index in [-0.39, 0.29) is 6.61 Å². The van der Waals surface area contributed by atoms with E-state index in [1.165, 1.54) is 0 Å². The molecule has 3 N–H and O–H groups in total. The second-order valence-corrected chi connectivity index (χ2v) is 7.85. The molecule has 3 aromatic rings. The van der Waals surface area contributed by atoms with Crippen molar-refractivity contribution in [1.82, 2.24) is 9.55 Å². The van der Waals surface area contributed by atoms with Crippen LogP contribution in [-0.4, -0.2) is 31.5 Å². The molecule has 0 aliphatic heterocycles. The molecule has 1 aromatic heterocycles. The van der Waals surface area contributed by atoms with Crippen molar-refractivity contribution in [2.75, 3.05) is 6.61 Å². The Balaban J connectivity index is 1.77. The number of rotatable bonds is 5. The minimum Gasteiger partial charge on any atom is -0.393 e. The molecule has 0 saturated heterocycles. The van der Waals surface area contributed by atoms with E-state index in [1.807, 2.05) is 48.5 Å². The zero-order valence-electron chi connectivity index (χ0n) is 17.0. The van der Waals surface area contributed by atoms with Gasteiger partial charge in [0.25, 0.3) is 0 Å². The van der Waals surface area contributed by atoms with Crippen molar-refractivity contribution in [1.29, 1.82) is 0 Å². The SMILES string of the molecule is C[C@H](O)c1nccn1C(C#Cc1cc(C2(O)CCC2)ccc1-c1ccccc1)CO. The van der Waals surface area contributed by atoms with Crippen LogP contribution in [0, 0.1) is 11.8 Å². The Morgan fingerprint density at radius 3 is 2.57 bits per heavy atom. The molecular formula is C25H26N2O3. The van der Waals surface area contributed by atoms with Gasteiger partial charge in [0.15, 0.2) is 0 Å². The predicted molar refractivity (Wildman–Crippen MR) is 115 cm³/mol. The molecule has 0 bridgehead atoms. The van der Waals surface area contributed by atoms with Gasteiger partial charge in [-0.1, -0.05) is 54.3 Å². The fraction of sp³-hybridized carbons (Fsp3) is 0.320. The second-order valence-electron chi connectivity index (χ2n) is 7.85. The monoisotopic (exact) mass is 402 g/mol. The van der Waals surface area contributed by atoms with Gasteiger partial charge in [-0.2, -0.15) is 0 Å². The standard InChI is InChI=1S/C25H26N2O3/c1-18(29)24-26-14-15-27(24)22(17-28)10-8-20-16-21(25(30)12-5-13-25)9-11-23(20)19-6-3-2-4-7-19/h2-4,6-7,9,11,14-16,18,22,28-30H,5,12-13,17H2,1H3/t18-,22?/m0/s1. The lowest BCUT2D eigenvalue weighted by atomic mass is 9.74. The van der Waals surface area contributed by atoms with Gasteiger partial charge in [0, 0.05) is 18.0 Å². The summed E-state index contributed by atoms with van der Waals surface area (Å²) in [5.41, 5.74) is 2.93. The highest BCUT2D eigenvalue weighted by Crippen LogP contribution is 2.42. The molecule has 1 saturated carbocycles. The first kappa shape index (κ1) is 20.4. The van der Waals surface area contributed by atoms with Crippen molar-refractivity contribution in [2.45, 2.75) is 43.9 Å². The van der Waals surface area contributed by atoms with Gasteiger partial charge in [-0.15, -0.1) is 0 Å². The van der Waals surface area contributed by atoms with Crippen LogP contribution < -0.4 is 0 Å². The van der Waals surface area contributed by atoms with Gasteiger partial charge in [0.1, 0.15) is 18.0 Å². The molecule has 0 radical (unpaired) electrons. The minimum atomic E-state index is -0.772.